The van der Waals surface area contributed by atoms with E-state index in [1.165, 1.54) is 27.0 Å². The van der Waals surface area contributed by atoms with Gasteiger partial charge in [-0.3, -0.25) is 10.1 Å². The smallest absolute Gasteiger partial charge is 0.258 e. The number of nitrogens with zero attached hydrogens (tertiary/aromatic N) is 2. The van der Waals surface area contributed by atoms with Crippen LogP contribution in [0.15, 0.2) is 46.0 Å². The monoisotopic (exact) mass is 449 g/mol. The van der Waals surface area contributed by atoms with Gasteiger partial charge < -0.3 is 4.74 Å². The summed E-state index contributed by atoms with van der Waals surface area (Å²) < 4.78 is 32.8. The summed E-state index contributed by atoms with van der Waals surface area (Å²) in [7, 11) is -3.62. The van der Waals surface area contributed by atoms with Gasteiger partial charge in [-0.15, -0.1) is 11.3 Å². The number of anilines is 1. The predicted octanol–water partition coefficient (Wildman–Crippen LogP) is 3.60. The fraction of sp³-hybridized carbons (Fsp3) is 0.263. The van der Waals surface area contributed by atoms with Gasteiger partial charge in [-0.2, -0.15) is 15.6 Å². The SMILES string of the molecule is CCOc1ccc(S(=O)(=O)N2CCc3nc(NC(=O)c4ccsc4)sc3C2)cc1. The van der Waals surface area contributed by atoms with Crippen LogP contribution in [0.5, 0.6) is 5.75 Å². The van der Waals surface area contributed by atoms with Crippen molar-refractivity contribution < 1.29 is 17.9 Å². The highest BCUT2D eigenvalue weighted by Crippen LogP contribution is 2.31. The molecule has 29 heavy (non-hydrogen) atoms. The topological polar surface area (TPSA) is 88.6 Å². The maximum Gasteiger partial charge on any atom is 0.258 e. The third-order valence-electron chi connectivity index (χ3n) is 4.47. The first kappa shape index (κ1) is 20.0. The van der Waals surface area contributed by atoms with E-state index in [4.69, 9.17) is 4.74 Å². The summed E-state index contributed by atoms with van der Waals surface area (Å²) in [5, 5.41) is 6.90. The molecule has 1 aromatic carbocycles. The minimum absolute atomic E-state index is 0.212. The first-order valence-corrected chi connectivity index (χ1v) is 12.2. The molecule has 1 amide bonds. The average Bonchev–Trinajstić information content (AvgIpc) is 3.37. The van der Waals surface area contributed by atoms with Crippen molar-refractivity contribution in [1.29, 1.82) is 0 Å². The normalized spacial score (nSPS) is 14.4. The molecule has 1 N–H and O–H groups in total. The Morgan fingerprint density at radius 1 is 1.28 bits per heavy atom. The van der Waals surface area contributed by atoms with E-state index in [9.17, 15) is 13.2 Å². The van der Waals surface area contributed by atoms with E-state index in [0.717, 1.165) is 10.6 Å². The summed E-state index contributed by atoms with van der Waals surface area (Å²) >= 11 is 2.77. The molecule has 3 aromatic rings. The summed E-state index contributed by atoms with van der Waals surface area (Å²) in [6, 6.07) is 8.20. The maximum atomic E-state index is 13.0. The number of benzene rings is 1. The molecule has 0 fully saturated rings. The van der Waals surface area contributed by atoms with Crippen molar-refractivity contribution in [2.45, 2.75) is 24.8 Å². The standard InChI is InChI=1S/C19H19N3O4S3/c1-2-26-14-3-5-15(6-4-14)29(24,25)22-9-7-16-17(11-22)28-19(20-16)21-18(23)13-8-10-27-12-13/h3-6,8,10,12H,2,7,9,11H2,1H3,(H,20,21,23). The Morgan fingerprint density at radius 3 is 2.76 bits per heavy atom. The second-order valence-corrected chi connectivity index (χ2v) is 10.1. The van der Waals surface area contributed by atoms with Gasteiger partial charge in [0.2, 0.25) is 10.0 Å². The minimum atomic E-state index is -3.62. The van der Waals surface area contributed by atoms with Crippen LogP contribution in [0.25, 0.3) is 0 Å². The van der Waals surface area contributed by atoms with Crippen LogP contribution in [0, 0.1) is 0 Å². The fourth-order valence-corrected chi connectivity index (χ4v) is 6.16. The number of aromatic nitrogens is 1. The fourth-order valence-electron chi connectivity index (χ4n) is 3.02. The Bertz CT molecular complexity index is 1110. The third-order valence-corrected chi connectivity index (χ3v) is 8.01. The molecule has 0 spiro atoms. The molecule has 4 rings (SSSR count). The molecule has 0 saturated carbocycles. The van der Waals surface area contributed by atoms with Crippen molar-refractivity contribution in [2.24, 2.45) is 0 Å². The molecular weight excluding hydrogens is 430 g/mol. The maximum absolute atomic E-state index is 13.0. The Balaban J connectivity index is 1.49. The summed E-state index contributed by atoms with van der Waals surface area (Å²) in [6.07, 6.45) is 0.510. The Labute approximate surface area is 177 Å². The molecular formula is C19H19N3O4S3. The molecule has 152 valence electrons. The molecule has 2 aromatic heterocycles. The first-order valence-electron chi connectivity index (χ1n) is 9.02. The molecule has 0 bridgehead atoms. The van der Waals surface area contributed by atoms with E-state index >= 15 is 0 Å². The molecule has 0 saturated heterocycles. The summed E-state index contributed by atoms with van der Waals surface area (Å²) in [5.74, 6) is 0.428. The number of hydrogen-bond acceptors (Lipinski definition) is 7. The van der Waals surface area contributed by atoms with Crippen molar-refractivity contribution in [3.63, 3.8) is 0 Å². The molecule has 0 aliphatic carbocycles. The summed E-state index contributed by atoms with van der Waals surface area (Å²) in [6.45, 7) is 3.00. The van der Waals surface area contributed by atoms with Gasteiger partial charge in [-0.1, -0.05) is 0 Å². The Hall–Kier alpha value is -2.27. The van der Waals surface area contributed by atoms with Crippen LogP contribution in [0.4, 0.5) is 5.13 Å². The minimum Gasteiger partial charge on any atom is -0.494 e. The number of thiophene rings is 1. The summed E-state index contributed by atoms with van der Waals surface area (Å²) in [5.41, 5.74) is 1.43. The third kappa shape index (κ3) is 4.20. The number of thiazole rings is 1. The molecule has 10 heteroatoms. The van der Waals surface area contributed by atoms with E-state index in [0.29, 0.717) is 36.0 Å². The van der Waals surface area contributed by atoms with Crippen LogP contribution in [0.1, 0.15) is 27.9 Å². The first-order chi connectivity index (χ1) is 14.0. The largest absolute Gasteiger partial charge is 0.494 e. The van der Waals surface area contributed by atoms with Crippen LogP contribution in [0.3, 0.4) is 0 Å². The zero-order valence-electron chi connectivity index (χ0n) is 15.6. The molecule has 0 unspecified atom stereocenters. The van der Waals surface area contributed by atoms with Crippen LogP contribution >= 0.6 is 22.7 Å². The second-order valence-electron chi connectivity index (χ2n) is 6.35. The van der Waals surface area contributed by atoms with Gasteiger partial charge in [-0.05, 0) is 42.6 Å². The Morgan fingerprint density at radius 2 is 2.07 bits per heavy atom. The molecule has 1 aliphatic heterocycles. The van der Waals surface area contributed by atoms with Gasteiger partial charge in [0.1, 0.15) is 5.75 Å². The van der Waals surface area contributed by atoms with Gasteiger partial charge in [0.05, 0.1) is 29.3 Å². The van der Waals surface area contributed by atoms with Crippen molar-refractivity contribution in [3.8, 4) is 5.75 Å². The number of nitrogens with one attached hydrogen (secondary N) is 1. The zero-order chi connectivity index (χ0) is 20.4. The van der Waals surface area contributed by atoms with Crippen LogP contribution in [0.2, 0.25) is 0 Å². The molecule has 0 atom stereocenters. The van der Waals surface area contributed by atoms with E-state index in [1.54, 1.807) is 35.7 Å². The zero-order valence-corrected chi connectivity index (χ0v) is 18.1. The van der Waals surface area contributed by atoms with Gasteiger partial charge in [0, 0.05) is 23.2 Å². The molecule has 0 radical (unpaired) electrons. The van der Waals surface area contributed by atoms with E-state index in [-0.39, 0.29) is 17.3 Å². The van der Waals surface area contributed by atoms with Crippen LogP contribution < -0.4 is 10.1 Å². The highest BCUT2D eigenvalue weighted by Gasteiger charge is 2.30. The van der Waals surface area contributed by atoms with Crippen LogP contribution in [-0.4, -0.2) is 36.8 Å². The molecule has 3 heterocycles. The highest BCUT2D eigenvalue weighted by atomic mass is 32.2. The van der Waals surface area contributed by atoms with E-state index in [2.05, 4.69) is 10.3 Å². The average molecular weight is 450 g/mol. The Kier molecular flexibility index (Phi) is 5.68. The highest BCUT2D eigenvalue weighted by molar-refractivity contribution is 7.89. The molecule has 7 nitrogen and oxygen atoms in total. The summed E-state index contributed by atoms with van der Waals surface area (Å²) in [4.78, 5) is 17.8. The van der Waals surface area contributed by atoms with E-state index < -0.39 is 10.0 Å². The number of fused-ring (bicyclic) bond motifs is 1. The number of sulfonamides is 1. The number of carbonyl (C=O) groups is 1. The number of amides is 1. The lowest BCUT2D eigenvalue weighted by Crippen LogP contribution is -2.35. The van der Waals surface area contributed by atoms with Crippen molar-refractivity contribution >= 4 is 43.7 Å². The second kappa shape index (κ2) is 8.23. The van der Waals surface area contributed by atoms with Gasteiger partial charge in [0.25, 0.3) is 5.91 Å². The lowest BCUT2D eigenvalue weighted by atomic mass is 10.2. The quantitative estimate of drug-likeness (QED) is 0.621. The van der Waals surface area contributed by atoms with Crippen molar-refractivity contribution in [1.82, 2.24) is 9.29 Å². The van der Waals surface area contributed by atoms with E-state index in [1.807, 2.05) is 12.3 Å². The molecule has 1 aliphatic rings. The number of carbonyl (C=O) groups excluding carboxylic acids is 1. The van der Waals surface area contributed by atoms with Gasteiger partial charge >= 0.3 is 0 Å². The lowest BCUT2D eigenvalue weighted by Gasteiger charge is -2.25. The van der Waals surface area contributed by atoms with Crippen molar-refractivity contribution in [3.05, 3.63) is 57.2 Å². The van der Waals surface area contributed by atoms with Gasteiger partial charge in [-0.25, -0.2) is 13.4 Å². The number of ether oxygens (including phenoxy) is 1. The van der Waals surface area contributed by atoms with Gasteiger partial charge in [0.15, 0.2) is 5.13 Å². The van der Waals surface area contributed by atoms with Crippen LogP contribution in [-0.2, 0) is 23.0 Å². The number of rotatable bonds is 6. The van der Waals surface area contributed by atoms with Crippen molar-refractivity contribution in [2.75, 3.05) is 18.5 Å². The number of hydrogen-bond donors (Lipinski definition) is 1. The predicted molar refractivity (Wildman–Crippen MR) is 113 cm³/mol. The lowest BCUT2D eigenvalue weighted by molar-refractivity contribution is 0.102.